The van der Waals surface area contributed by atoms with Gasteiger partial charge in [-0.1, -0.05) is 41.1 Å². The van der Waals surface area contributed by atoms with Gasteiger partial charge in [0.15, 0.2) is 11.6 Å². The van der Waals surface area contributed by atoms with Crippen LogP contribution in [0.25, 0.3) is 11.3 Å². The van der Waals surface area contributed by atoms with Gasteiger partial charge < -0.3 is 9.84 Å². The van der Waals surface area contributed by atoms with E-state index in [0.717, 1.165) is 23.3 Å². The van der Waals surface area contributed by atoms with Crippen molar-refractivity contribution in [1.29, 1.82) is 0 Å². The molecule has 140 valence electrons. The molecule has 2 aromatic carbocycles. The molecular formula is C20H19F2N3O2. The number of aromatic nitrogens is 1. The van der Waals surface area contributed by atoms with Crippen LogP contribution in [0, 0.1) is 18.6 Å². The zero-order chi connectivity index (χ0) is 19.4. The van der Waals surface area contributed by atoms with E-state index < -0.39 is 11.6 Å². The Morgan fingerprint density at radius 3 is 2.56 bits per heavy atom. The standard InChI is InChI=1S/C20H19F2N3O2/c1-12-3-5-14(6-4-12)18-10-20(27-25-18)24-19(26)11-23-13(2)15-7-8-16(21)17(22)9-15/h3-10,13,23H,11H2,1-2H3,(H,24,26)/t13-/m1/s1. The first-order valence-corrected chi connectivity index (χ1v) is 8.44. The molecule has 5 nitrogen and oxygen atoms in total. The summed E-state index contributed by atoms with van der Waals surface area (Å²) < 4.78 is 31.4. The minimum atomic E-state index is -0.920. The van der Waals surface area contributed by atoms with Gasteiger partial charge in [0.1, 0.15) is 5.69 Å². The van der Waals surface area contributed by atoms with Crippen LogP contribution in [0.1, 0.15) is 24.1 Å². The van der Waals surface area contributed by atoms with Gasteiger partial charge in [0.25, 0.3) is 0 Å². The molecular weight excluding hydrogens is 352 g/mol. The van der Waals surface area contributed by atoms with Gasteiger partial charge in [-0.2, -0.15) is 0 Å². The molecule has 1 heterocycles. The molecule has 3 aromatic rings. The lowest BCUT2D eigenvalue weighted by molar-refractivity contribution is -0.115. The summed E-state index contributed by atoms with van der Waals surface area (Å²) in [5.74, 6) is -1.93. The number of amides is 1. The molecule has 0 saturated heterocycles. The van der Waals surface area contributed by atoms with Gasteiger partial charge in [0.2, 0.25) is 11.8 Å². The molecule has 0 bridgehead atoms. The molecule has 0 aliphatic heterocycles. The van der Waals surface area contributed by atoms with Gasteiger partial charge >= 0.3 is 0 Å². The van der Waals surface area contributed by atoms with Crippen LogP contribution in [0.15, 0.2) is 53.1 Å². The molecule has 7 heteroatoms. The number of carbonyl (C=O) groups is 1. The number of hydrogen-bond donors (Lipinski definition) is 2. The van der Waals surface area contributed by atoms with Crippen molar-refractivity contribution in [2.24, 2.45) is 0 Å². The van der Waals surface area contributed by atoms with Crippen LogP contribution in [-0.2, 0) is 4.79 Å². The number of nitrogens with one attached hydrogen (secondary N) is 2. The predicted octanol–water partition coefficient (Wildman–Crippen LogP) is 4.22. The van der Waals surface area contributed by atoms with E-state index in [1.165, 1.54) is 6.07 Å². The molecule has 0 unspecified atom stereocenters. The first-order valence-electron chi connectivity index (χ1n) is 8.44. The number of halogens is 2. The van der Waals surface area contributed by atoms with E-state index in [0.29, 0.717) is 11.3 Å². The summed E-state index contributed by atoms with van der Waals surface area (Å²) in [7, 11) is 0. The number of aryl methyl sites for hydroxylation is 1. The average molecular weight is 371 g/mol. The van der Waals surface area contributed by atoms with Crippen LogP contribution in [0.2, 0.25) is 0 Å². The Bertz CT molecular complexity index is 939. The summed E-state index contributed by atoms with van der Waals surface area (Å²) in [6.07, 6.45) is 0. The van der Waals surface area contributed by atoms with Crippen molar-refractivity contribution in [3.8, 4) is 11.3 Å². The second-order valence-corrected chi connectivity index (χ2v) is 6.27. The fourth-order valence-electron chi connectivity index (χ4n) is 2.52. The van der Waals surface area contributed by atoms with Gasteiger partial charge in [-0.15, -0.1) is 0 Å². The zero-order valence-electron chi connectivity index (χ0n) is 14.9. The van der Waals surface area contributed by atoms with E-state index in [1.54, 1.807) is 13.0 Å². The van der Waals surface area contributed by atoms with Crippen molar-refractivity contribution in [1.82, 2.24) is 10.5 Å². The molecule has 1 aromatic heterocycles. The minimum absolute atomic E-state index is 0.0271. The van der Waals surface area contributed by atoms with E-state index in [4.69, 9.17) is 4.52 Å². The number of rotatable bonds is 6. The van der Waals surface area contributed by atoms with E-state index in [9.17, 15) is 13.6 Å². The second-order valence-electron chi connectivity index (χ2n) is 6.27. The highest BCUT2D eigenvalue weighted by Gasteiger charge is 2.13. The third-order valence-corrected chi connectivity index (χ3v) is 4.13. The van der Waals surface area contributed by atoms with Crippen LogP contribution in [-0.4, -0.2) is 17.6 Å². The number of nitrogens with zero attached hydrogens (tertiary/aromatic N) is 1. The van der Waals surface area contributed by atoms with E-state index in [1.807, 2.05) is 31.2 Å². The maximum Gasteiger partial charge on any atom is 0.240 e. The maximum atomic E-state index is 13.3. The second kappa shape index (κ2) is 8.09. The fourth-order valence-corrected chi connectivity index (χ4v) is 2.52. The zero-order valence-corrected chi connectivity index (χ0v) is 14.9. The molecule has 1 amide bonds. The molecule has 3 rings (SSSR count). The molecule has 0 saturated carbocycles. The summed E-state index contributed by atoms with van der Waals surface area (Å²) in [6, 6.07) is 12.7. The summed E-state index contributed by atoms with van der Waals surface area (Å²) in [5.41, 5.74) is 3.18. The third-order valence-electron chi connectivity index (χ3n) is 4.13. The average Bonchev–Trinajstić information content (AvgIpc) is 3.11. The van der Waals surface area contributed by atoms with Gasteiger partial charge in [-0.3, -0.25) is 10.1 Å². The monoisotopic (exact) mass is 371 g/mol. The molecule has 27 heavy (non-hydrogen) atoms. The highest BCUT2D eigenvalue weighted by atomic mass is 19.2. The number of anilines is 1. The molecule has 2 N–H and O–H groups in total. The van der Waals surface area contributed by atoms with E-state index in [-0.39, 0.29) is 24.4 Å². The van der Waals surface area contributed by atoms with Crippen molar-refractivity contribution in [2.75, 3.05) is 11.9 Å². The normalized spacial score (nSPS) is 12.0. The maximum absolute atomic E-state index is 13.3. The SMILES string of the molecule is Cc1ccc(-c2cc(NC(=O)CN[C@H](C)c3ccc(F)c(F)c3)on2)cc1. The minimum Gasteiger partial charge on any atom is -0.338 e. The first-order chi connectivity index (χ1) is 12.9. The Balaban J connectivity index is 1.55. The lowest BCUT2D eigenvalue weighted by Crippen LogP contribution is -2.30. The number of benzene rings is 2. The fraction of sp³-hybridized carbons (Fsp3) is 0.200. The van der Waals surface area contributed by atoms with Crippen LogP contribution in [0.3, 0.4) is 0 Å². The Morgan fingerprint density at radius 2 is 1.85 bits per heavy atom. The molecule has 0 fully saturated rings. The van der Waals surface area contributed by atoms with Crippen molar-refractivity contribution in [2.45, 2.75) is 19.9 Å². The Labute approximate surface area is 155 Å². The Hall–Kier alpha value is -3.06. The van der Waals surface area contributed by atoms with Crippen LogP contribution >= 0.6 is 0 Å². The van der Waals surface area contributed by atoms with Gasteiger partial charge in [-0.25, -0.2) is 8.78 Å². The van der Waals surface area contributed by atoms with E-state index in [2.05, 4.69) is 15.8 Å². The number of carbonyl (C=O) groups excluding carboxylic acids is 1. The third kappa shape index (κ3) is 4.77. The topological polar surface area (TPSA) is 67.2 Å². The van der Waals surface area contributed by atoms with Crippen molar-refractivity contribution in [3.63, 3.8) is 0 Å². The highest BCUT2D eigenvalue weighted by molar-refractivity contribution is 5.91. The first kappa shape index (κ1) is 18.7. The van der Waals surface area contributed by atoms with Gasteiger partial charge in [0, 0.05) is 17.7 Å². The van der Waals surface area contributed by atoms with Crippen LogP contribution in [0.4, 0.5) is 14.7 Å². The van der Waals surface area contributed by atoms with Crippen molar-refractivity contribution >= 4 is 11.8 Å². The number of hydrogen-bond acceptors (Lipinski definition) is 4. The Kier molecular flexibility index (Phi) is 5.61. The van der Waals surface area contributed by atoms with Gasteiger partial charge in [0.05, 0.1) is 6.54 Å². The Morgan fingerprint density at radius 1 is 1.11 bits per heavy atom. The summed E-state index contributed by atoms with van der Waals surface area (Å²) in [5, 5.41) is 9.50. The summed E-state index contributed by atoms with van der Waals surface area (Å²) in [4.78, 5) is 12.1. The van der Waals surface area contributed by atoms with Crippen molar-refractivity contribution in [3.05, 3.63) is 71.3 Å². The summed E-state index contributed by atoms with van der Waals surface area (Å²) in [6.45, 7) is 3.72. The van der Waals surface area contributed by atoms with Crippen molar-refractivity contribution < 1.29 is 18.1 Å². The molecule has 0 spiro atoms. The molecule has 0 aliphatic carbocycles. The van der Waals surface area contributed by atoms with Gasteiger partial charge in [-0.05, 0) is 31.5 Å². The highest BCUT2D eigenvalue weighted by Crippen LogP contribution is 2.22. The van der Waals surface area contributed by atoms with Crippen LogP contribution in [0.5, 0.6) is 0 Å². The largest absolute Gasteiger partial charge is 0.338 e. The molecule has 0 aliphatic rings. The predicted molar refractivity (Wildman–Crippen MR) is 98.1 cm³/mol. The van der Waals surface area contributed by atoms with E-state index >= 15 is 0 Å². The lowest BCUT2D eigenvalue weighted by atomic mass is 10.1. The quantitative estimate of drug-likeness (QED) is 0.681. The smallest absolute Gasteiger partial charge is 0.240 e. The molecule has 1 atom stereocenters. The lowest BCUT2D eigenvalue weighted by Gasteiger charge is -2.13. The molecule has 0 radical (unpaired) electrons. The van der Waals surface area contributed by atoms with Crippen LogP contribution < -0.4 is 10.6 Å². The summed E-state index contributed by atoms with van der Waals surface area (Å²) >= 11 is 0.